The molecule has 5 heteroatoms. The quantitative estimate of drug-likeness (QED) is 0.920. The SMILES string of the molecule is CC1(C)CN(c2ccc(CNC3CC3)nn2)CC(C)(C)O1. The Morgan fingerprint density at radius 2 is 1.81 bits per heavy atom. The van der Waals surface area contributed by atoms with Crippen molar-refractivity contribution in [3.8, 4) is 0 Å². The van der Waals surface area contributed by atoms with E-state index in [0.29, 0.717) is 6.04 Å². The minimum atomic E-state index is -0.171. The van der Waals surface area contributed by atoms with E-state index in [1.807, 2.05) is 0 Å². The van der Waals surface area contributed by atoms with Crippen molar-refractivity contribution in [3.63, 3.8) is 0 Å². The third-order valence-corrected chi connectivity index (χ3v) is 3.87. The number of morpholine rings is 1. The number of ether oxygens (including phenoxy) is 1. The Balaban J connectivity index is 1.67. The highest BCUT2D eigenvalue weighted by molar-refractivity contribution is 5.39. The number of hydrogen-bond donors (Lipinski definition) is 1. The third kappa shape index (κ3) is 3.92. The maximum atomic E-state index is 6.11. The first-order chi connectivity index (χ1) is 9.83. The van der Waals surface area contributed by atoms with Crippen molar-refractivity contribution in [2.75, 3.05) is 18.0 Å². The second-order valence-electron chi connectivity index (χ2n) is 7.52. The highest BCUT2D eigenvalue weighted by Crippen LogP contribution is 2.30. The molecule has 1 saturated carbocycles. The Labute approximate surface area is 127 Å². The van der Waals surface area contributed by atoms with Gasteiger partial charge in [0.05, 0.1) is 16.9 Å². The lowest BCUT2D eigenvalue weighted by molar-refractivity contribution is -0.133. The lowest BCUT2D eigenvalue weighted by atomic mass is 9.99. The molecule has 116 valence electrons. The number of nitrogens with zero attached hydrogens (tertiary/aromatic N) is 3. The fraction of sp³-hybridized carbons (Fsp3) is 0.750. The van der Waals surface area contributed by atoms with Gasteiger partial charge in [0.25, 0.3) is 0 Å². The van der Waals surface area contributed by atoms with Crippen LogP contribution in [0.2, 0.25) is 0 Å². The summed E-state index contributed by atoms with van der Waals surface area (Å²) in [4.78, 5) is 2.27. The minimum absolute atomic E-state index is 0.171. The fourth-order valence-corrected chi connectivity index (χ4v) is 3.10. The molecule has 2 aliphatic rings. The van der Waals surface area contributed by atoms with Crippen LogP contribution in [0, 0.1) is 0 Å². The van der Waals surface area contributed by atoms with Crippen molar-refractivity contribution in [2.24, 2.45) is 0 Å². The number of hydrogen-bond acceptors (Lipinski definition) is 5. The molecule has 0 atom stereocenters. The molecular formula is C16H26N4O. The zero-order valence-corrected chi connectivity index (χ0v) is 13.5. The summed E-state index contributed by atoms with van der Waals surface area (Å²) in [7, 11) is 0. The van der Waals surface area contributed by atoms with E-state index in [0.717, 1.165) is 31.1 Å². The van der Waals surface area contributed by atoms with Crippen LogP contribution in [0.5, 0.6) is 0 Å². The molecule has 1 aromatic rings. The van der Waals surface area contributed by atoms with Crippen molar-refractivity contribution in [3.05, 3.63) is 17.8 Å². The Morgan fingerprint density at radius 3 is 2.33 bits per heavy atom. The van der Waals surface area contributed by atoms with Crippen molar-refractivity contribution in [2.45, 2.75) is 64.3 Å². The van der Waals surface area contributed by atoms with E-state index < -0.39 is 0 Å². The molecule has 0 unspecified atom stereocenters. The van der Waals surface area contributed by atoms with E-state index in [-0.39, 0.29) is 11.2 Å². The van der Waals surface area contributed by atoms with Gasteiger partial charge in [0.1, 0.15) is 0 Å². The second-order valence-corrected chi connectivity index (χ2v) is 7.52. The van der Waals surface area contributed by atoms with Crippen LogP contribution in [-0.4, -0.2) is 40.5 Å². The first-order valence-electron chi connectivity index (χ1n) is 7.84. The van der Waals surface area contributed by atoms with E-state index in [4.69, 9.17) is 4.74 Å². The van der Waals surface area contributed by atoms with Crippen LogP contribution in [-0.2, 0) is 11.3 Å². The monoisotopic (exact) mass is 290 g/mol. The van der Waals surface area contributed by atoms with Crippen molar-refractivity contribution < 1.29 is 4.74 Å². The van der Waals surface area contributed by atoms with Gasteiger partial charge in [-0.2, -0.15) is 5.10 Å². The van der Waals surface area contributed by atoms with Crippen LogP contribution >= 0.6 is 0 Å². The van der Waals surface area contributed by atoms with Crippen molar-refractivity contribution >= 4 is 5.82 Å². The van der Waals surface area contributed by atoms with Crippen LogP contribution < -0.4 is 10.2 Å². The lowest BCUT2D eigenvalue weighted by Crippen LogP contribution is -2.57. The topological polar surface area (TPSA) is 50.3 Å². The normalized spacial score (nSPS) is 24.1. The van der Waals surface area contributed by atoms with Crippen molar-refractivity contribution in [1.82, 2.24) is 15.5 Å². The average Bonchev–Trinajstić information content (AvgIpc) is 3.17. The van der Waals surface area contributed by atoms with Gasteiger partial charge in [0, 0.05) is 25.7 Å². The summed E-state index contributed by atoms with van der Waals surface area (Å²) in [6.07, 6.45) is 2.59. The molecule has 5 nitrogen and oxygen atoms in total. The summed E-state index contributed by atoms with van der Waals surface area (Å²) < 4.78 is 6.11. The van der Waals surface area contributed by atoms with Crippen LogP contribution in [0.15, 0.2) is 12.1 Å². The molecule has 1 N–H and O–H groups in total. The second kappa shape index (κ2) is 5.21. The van der Waals surface area contributed by atoms with Gasteiger partial charge in [-0.05, 0) is 52.7 Å². The number of anilines is 1. The number of rotatable bonds is 4. The lowest BCUT2D eigenvalue weighted by Gasteiger charge is -2.47. The standard InChI is InChI=1S/C16H26N4O/c1-15(2)10-20(11-16(3,4)21-15)14-8-7-13(18-19-14)9-17-12-5-6-12/h7-8,12,17H,5-6,9-11H2,1-4H3. The molecule has 0 radical (unpaired) electrons. The van der Waals surface area contributed by atoms with Gasteiger partial charge in [-0.25, -0.2) is 0 Å². The molecule has 3 rings (SSSR count). The molecule has 0 aromatic carbocycles. The summed E-state index contributed by atoms with van der Waals surface area (Å²) in [6.45, 7) is 11.0. The first-order valence-corrected chi connectivity index (χ1v) is 7.84. The van der Waals surface area contributed by atoms with Gasteiger partial charge in [0.15, 0.2) is 5.82 Å². The Kier molecular flexibility index (Phi) is 3.66. The largest absolute Gasteiger partial charge is 0.366 e. The third-order valence-electron chi connectivity index (χ3n) is 3.87. The van der Waals surface area contributed by atoms with Crippen LogP contribution in [0.3, 0.4) is 0 Å². The van der Waals surface area contributed by atoms with E-state index in [2.05, 4.69) is 60.2 Å². The molecule has 0 spiro atoms. The molecular weight excluding hydrogens is 264 g/mol. The molecule has 0 bridgehead atoms. The maximum absolute atomic E-state index is 6.11. The van der Waals surface area contributed by atoms with Gasteiger partial charge < -0.3 is 15.0 Å². The van der Waals surface area contributed by atoms with Crippen LogP contribution in [0.4, 0.5) is 5.82 Å². The fourth-order valence-electron chi connectivity index (χ4n) is 3.10. The average molecular weight is 290 g/mol. The van der Waals surface area contributed by atoms with Gasteiger partial charge in [-0.3, -0.25) is 0 Å². The highest BCUT2D eigenvalue weighted by Gasteiger charge is 2.38. The van der Waals surface area contributed by atoms with E-state index in [1.54, 1.807) is 0 Å². The summed E-state index contributed by atoms with van der Waals surface area (Å²) in [5, 5.41) is 12.2. The molecule has 0 amide bonds. The van der Waals surface area contributed by atoms with Gasteiger partial charge in [-0.1, -0.05) is 0 Å². The van der Waals surface area contributed by atoms with Gasteiger partial charge in [-0.15, -0.1) is 5.10 Å². The van der Waals surface area contributed by atoms with Crippen LogP contribution in [0.1, 0.15) is 46.2 Å². The van der Waals surface area contributed by atoms with E-state index in [9.17, 15) is 0 Å². The number of nitrogens with one attached hydrogen (secondary N) is 1. The summed E-state index contributed by atoms with van der Waals surface area (Å²) >= 11 is 0. The molecule has 1 aliphatic heterocycles. The molecule has 2 fully saturated rings. The Bertz CT molecular complexity index is 478. The molecule has 21 heavy (non-hydrogen) atoms. The van der Waals surface area contributed by atoms with Crippen LogP contribution in [0.25, 0.3) is 0 Å². The minimum Gasteiger partial charge on any atom is -0.366 e. The molecule has 2 heterocycles. The van der Waals surface area contributed by atoms with E-state index in [1.165, 1.54) is 12.8 Å². The molecule has 1 aromatic heterocycles. The summed E-state index contributed by atoms with van der Waals surface area (Å²) in [6, 6.07) is 4.86. The zero-order chi connectivity index (χ0) is 15.1. The van der Waals surface area contributed by atoms with Gasteiger partial charge in [0.2, 0.25) is 0 Å². The summed E-state index contributed by atoms with van der Waals surface area (Å²) in [5.41, 5.74) is 0.670. The first kappa shape index (κ1) is 14.7. The Morgan fingerprint density at radius 1 is 1.14 bits per heavy atom. The zero-order valence-electron chi connectivity index (χ0n) is 13.5. The van der Waals surface area contributed by atoms with Crippen molar-refractivity contribution in [1.29, 1.82) is 0 Å². The highest BCUT2D eigenvalue weighted by atomic mass is 16.5. The maximum Gasteiger partial charge on any atom is 0.151 e. The van der Waals surface area contributed by atoms with Gasteiger partial charge >= 0.3 is 0 Å². The van der Waals surface area contributed by atoms with E-state index >= 15 is 0 Å². The number of aromatic nitrogens is 2. The predicted molar refractivity (Wildman–Crippen MR) is 83.3 cm³/mol. The smallest absolute Gasteiger partial charge is 0.151 e. The Hall–Kier alpha value is -1.20. The summed E-state index contributed by atoms with van der Waals surface area (Å²) in [5.74, 6) is 0.939. The molecule has 1 aliphatic carbocycles. The predicted octanol–water partition coefficient (Wildman–Crippen LogP) is 2.12. The molecule has 1 saturated heterocycles.